The predicted octanol–water partition coefficient (Wildman–Crippen LogP) is 2.11. The number of ether oxygens (including phenoxy) is 1. The molecule has 2 aromatic heterocycles. The van der Waals surface area contributed by atoms with Crippen LogP contribution >= 0.6 is 11.3 Å². The topological polar surface area (TPSA) is 87.1 Å². The van der Waals surface area contributed by atoms with Gasteiger partial charge < -0.3 is 15.0 Å². The van der Waals surface area contributed by atoms with Crippen LogP contribution in [0, 0.1) is 0 Å². The van der Waals surface area contributed by atoms with Crippen LogP contribution < -0.4 is 5.73 Å². The Morgan fingerprint density at radius 3 is 2.86 bits per heavy atom. The van der Waals surface area contributed by atoms with Crippen LogP contribution in [0.4, 0.5) is 13.9 Å². The van der Waals surface area contributed by atoms with Gasteiger partial charge >= 0.3 is 0 Å². The molecule has 2 rings (SSSR count). The number of thiazole rings is 1. The van der Waals surface area contributed by atoms with Crippen LogP contribution in [-0.2, 0) is 24.0 Å². The van der Waals surface area contributed by atoms with Crippen LogP contribution in [0.1, 0.15) is 23.8 Å². The molecule has 0 aliphatic carbocycles. The van der Waals surface area contributed by atoms with Gasteiger partial charge in [-0.05, 0) is 12.8 Å². The first kappa shape index (κ1) is 15.8. The van der Waals surface area contributed by atoms with Crippen LogP contribution in [-0.4, -0.2) is 34.8 Å². The van der Waals surface area contributed by atoms with E-state index in [0.717, 1.165) is 18.5 Å². The Morgan fingerprint density at radius 2 is 2.14 bits per heavy atom. The molecule has 116 valence electrons. The van der Waals surface area contributed by atoms with Gasteiger partial charge in [0.2, 0.25) is 5.89 Å². The van der Waals surface area contributed by atoms with E-state index >= 15 is 0 Å². The number of nitrogens with two attached hydrogens (primary N) is 1. The molecule has 0 radical (unpaired) electrons. The van der Waals surface area contributed by atoms with Crippen molar-refractivity contribution in [1.29, 1.82) is 0 Å². The fourth-order valence-electron chi connectivity index (χ4n) is 1.69. The van der Waals surface area contributed by atoms with Gasteiger partial charge in [0, 0.05) is 18.2 Å². The van der Waals surface area contributed by atoms with Gasteiger partial charge in [-0.25, -0.2) is 13.8 Å². The standard InChI is InChI=1S/C12H16F2N4O2S/c13-9(14)6-19-5-4-10-17-11(20-18-10)3-1-2-8-7-21-12(15)16-8/h7,9H,1-6H2,(H2,15,16). The van der Waals surface area contributed by atoms with E-state index in [-0.39, 0.29) is 6.61 Å². The minimum Gasteiger partial charge on any atom is -0.375 e. The van der Waals surface area contributed by atoms with Crippen molar-refractivity contribution < 1.29 is 18.0 Å². The molecule has 0 bridgehead atoms. The summed E-state index contributed by atoms with van der Waals surface area (Å²) in [5.74, 6) is 0.999. The van der Waals surface area contributed by atoms with Gasteiger partial charge in [-0.1, -0.05) is 5.16 Å². The first-order valence-electron chi connectivity index (χ1n) is 6.50. The van der Waals surface area contributed by atoms with Crippen molar-refractivity contribution in [2.24, 2.45) is 0 Å². The van der Waals surface area contributed by atoms with Crippen molar-refractivity contribution in [1.82, 2.24) is 15.1 Å². The van der Waals surface area contributed by atoms with Crippen molar-refractivity contribution in [2.45, 2.75) is 32.1 Å². The SMILES string of the molecule is Nc1nc(CCCc2nc(CCOCC(F)F)no2)cs1. The highest BCUT2D eigenvalue weighted by molar-refractivity contribution is 7.13. The molecule has 0 aliphatic heterocycles. The van der Waals surface area contributed by atoms with Gasteiger partial charge in [-0.2, -0.15) is 4.98 Å². The van der Waals surface area contributed by atoms with Crippen molar-refractivity contribution >= 4 is 16.5 Å². The number of hydrogen-bond acceptors (Lipinski definition) is 7. The molecule has 9 heteroatoms. The Bertz CT molecular complexity index is 547. The molecule has 0 unspecified atom stereocenters. The molecule has 2 aromatic rings. The summed E-state index contributed by atoms with van der Waals surface area (Å²) >= 11 is 1.42. The molecule has 21 heavy (non-hydrogen) atoms. The smallest absolute Gasteiger partial charge is 0.261 e. The zero-order chi connectivity index (χ0) is 15.1. The predicted molar refractivity (Wildman–Crippen MR) is 73.4 cm³/mol. The Hall–Kier alpha value is -1.61. The highest BCUT2D eigenvalue weighted by Crippen LogP contribution is 2.13. The lowest BCUT2D eigenvalue weighted by Crippen LogP contribution is -2.07. The molecular formula is C12H16F2N4O2S. The second-order valence-electron chi connectivity index (χ2n) is 4.35. The molecule has 0 atom stereocenters. The molecule has 0 aliphatic rings. The maximum Gasteiger partial charge on any atom is 0.261 e. The average molecular weight is 318 g/mol. The maximum absolute atomic E-state index is 11.9. The maximum atomic E-state index is 11.9. The molecule has 2 heterocycles. The van der Waals surface area contributed by atoms with Gasteiger partial charge in [0.05, 0.1) is 12.3 Å². The molecule has 0 amide bonds. The number of hydrogen-bond donors (Lipinski definition) is 1. The zero-order valence-electron chi connectivity index (χ0n) is 11.3. The summed E-state index contributed by atoms with van der Waals surface area (Å²) < 4.78 is 33.6. The fraction of sp³-hybridized carbons (Fsp3) is 0.583. The van der Waals surface area contributed by atoms with E-state index in [0.29, 0.717) is 29.7 Å². The summed E-state index contributed by atoms with van der Waals surface area (Å²) in [5, 5.41) is 6.26. The van der Waals surface area contributed by atoms with Crippen LogP contribution in [0.5, 0.6) is 0 Å². The van der Waals surface area contributed by atoms with Crippen molar-refractivity contribution in [3.05, 3.63) is 22.8 Å². The third-order valence-electron chi connectivity index (χ3n) is 2.62. The van der Waals surface area contributed by atoms with E-state index in [1.54, 1.807) is 0 Å². The molecule has 0 spiro atoms. The normalized spacial score (nSPS) is 11.4. The average Bonchev–Trinajstić information content (AvgIpc) is 3.04. The first-order valence-corrected chi connectivity index (χ1v) is 7.38. The van der Waals surface area contributed by atoms with E-state index in [1.807, 2.05) is 5.38 Å². The summed E-state index contributed by atoms with van der Waals surface area (Å²) in [6.07, 6.45) is 0.169. The minimum absolute atomic E-state index is 0.154. The monoisotopic (exact) mass is 318 g/mol. The van der Waals surface area contributed by atoms with Gasteiger partial charge in [0.25, 0.3) is 6.43 Å². The van der Waals surface area contributed by atoms with Gasteiger partial charge in [0.1, 0.15) is 6.61 Å². The molecule has 6 nitrogen and oxygen atoms in total. The lowest BCUT2D eigenvalue weighted by molar-refractivity contribution is 0.0182. The molecule has 0 fully saturated rings. The molecular weight excluding hydrogens is 302 g/mol. The number of aromatic nitrogens is 3. The van der Waals surface area contributed by atoms with Gasteiger partial charge in [0.15, 0.2) is 11.0 Å². The van der Waals surface area contributed by atoms with E-state index in [4.69, 9.17) is 15.0 Å². The Labute approximate surface area is 124 Å². The van der Waals surface area contributed by atoms with Gasteiger partial charge in [-0.15, -0.1) is 11.3 Å². The van der Waals surface area contributed by atoms with Crippen molar-refractivity contribution in [2.75, 3.05) is 18.9 Å². The Morgan fingerprint density at radius 1 is 1.29 bits per heavy atom. The molecule has 0 saturated carbocycles. The number of rotatable bonds is 9. The third kappa shape index (κ3) is 5.72. The van der Waals surface area contributed by atoms with E-state index in [2.05, 4.69) is 15.1 Å². The number of nitrogens with zero attached hydrogens (tertiary/aromatic N) is 3. The lowest BCUT2D eigenvalue weighted by atomic mass is 10.2. The first-order chi connectivity index (χ1) is 10.1. The largest absolute Gasteiger partial charge is 0.375 e. The van der Waals surface area contributed by atoms with E-state index < -0.39 is 13.0 Å². The Kier molecular flexibility index (Phi) is 6.00. The summed E-state index contributed by atoms with van der Waals surface area (Å²) in [5.41, 5.74) is 6.51. The minimum atomic E-state index is -2.45. The molecule has 0 aromatic carbocycles. The van der Waals surface area contributed by atoms with Crippen molar-refractivity contribution in [3.63, 3.8) is 0 Å². The number of nitrogen functional groups attached to an aromatic ring is 1. The van der Waals surface area contributed by atoms with E-state index in [1.165, 1.54) is 11.3 Å². The Balaban J connectivity index is 1.65. The van der Waals surface area contributed by atoms with Crippen molar-refractivity contribution in [3.8, 4) is 0 Å². The summed E-state index contributed by atoms with van der Waals surface area (Å²) in [4.78, 5) is 8.34. The van der Waals surface area contributed by atoms with Crippen LogP contribution in [0.2, 0.25) is 0 Å². The third-order valence-corrected chi connectivity index (χ3v) is 3.34. The summed E-state index contributed by atoms with van der Waals surface area (Å²) in [7, 11) is 0. The number of anilines is 1. The number of alkyl halides is 2. The lowest BCUT2D eigenvalue weighted by Gasteiger charge is -1.99. The highest BCUT2D eigenvalue weighted by atomic mass is 32.1. The van der Waals surface area contributed by atoms with Gasteiger partial charge in [-0.3, -0.25) is 0 Å². The van der Waals surface area contributed by atoms with Crippen LogP contribution in [0.15, 0.2) is 9.90 Å². The zero-order valence-corrected chi connectivity index (χ0v) is 12.1. The molecule has 0 saturated heterocycles. The highest BCUT2D eigenvalue weighted by Gasteiger charge is 2.08. The fourth-order valence-corrected chi connectivity index (χ4v) is 2.28. The second kappa shape index (κ2) is 7.99. The summed E-state index contributed by atoms with van der Waals surface area (Å²) in [6, 6.07) is 0. The summed E-state index contributed by atoms with van der Waals surface area (Å²) in [6.45, 7) is -0.414. The number of aryl methyl sites for hydroxylation is 2. The van der Waals surface area contributed by atoms with Crippen LogP contribution in [0.25, 0.3) is 0 Å². The number of halogens is 2. The van der Waals surface area contributed by atoms with E-state index in [9.17, 15) is 8.78 Å². The molecule has 2 N–H and O–H groups in total. The quantitative estimate of drug-likeness (QED) is 0.713. The second-order valence-corrected chi connectivity index (χ2v) is 5.24. The van der Waals surface area contributed by atoms with Crippen LogP contribution in [0.3, 0.4) is 0 Å².